The number of unbranched alkanes of at least 4 members (excludes halogenated alkanes) is 5. The molecule has 2 unspecified atom stereocenters. The summed E-state index contributed by atoms with van der Waals surface area (Å²) in [5, 5.41) is 101. The van der Waals surface area contributed by atoms with Crippen molar-refractivity contribution >= 4 is 47.3 Å². The Morgan fingerprint density at radius 1 is 0.756 bits per heavy atom. The molecule has 3 aliphatic heterocycles. The average molecular weight is 1110 g/mol. The van der Waals surface area contributed by atoms with Crippen LogP contribution in [-0.2, 0) is 43.1 Å². The van der Waals surface area contributed by atoms with Gasteiger partial charge in [0.1, 0.15) is 60.3 Å². The monoisotopic (exact) mass is 1110 g/mol. The summed E-state index contributed by atoms with van der Waals surface area (Å²) in [6, 6.07) is -7.20. The first-order valence-corrected chi connectivity index (χ1v) is 27.2. The summed E-state index contributed by atoms with van der Waals surface area (Å²) in [4.78, 5) is 114. The van der Waals surface area contributed by atoms with Gasteiger partial charge < -0.3 is 93.4 Å². The molecule has 0 aromatic heterocycles. The summed E-state index contributed by atoms with van der Waals surface area (Å²) in [6.45, 7) is 6.33. The van der Waals surface area contributed by atoms with Gasteiger partial charge in [0.15, 0.2) is 6.23 Å². The molecule has 0 bridgehead atoms. The summed E-state index contributed by atoms with van der Waals surface area (Å²) in [5.41, 5.74) is 11.0. The highest BCUT2D eigenvalue weighted by molar-refractivity contribution is 5.98. The molecule has 26 nitrogen and oxygen atoms in total. The van der Waals surface area contributed by atoms with Crippen LogP contribution < -0.4 is 38.1 Å². The topological polar surface area (TPSA) is 426 Å². The van der Waals surface area contributed by atoms with Crippen LogP contribution in [0.2, 0.25) is 0 Å². The number of aromatic hydroxyl groups is 1. The molecule has 1 aromatic carbocycles. The van der Waals surface area contributed by atoms with Crippen molar-refractivity contribution in [1.29, 1.82) is 0 Å². The summed E-state index contributed by atoms with van der Waals surface area (Å²) >= 11 is 0. The molecule has 3 heterocycles. The van der Waals surface area contributed by atoms with Gasteiger partial charge in [-0.25, -0.2) is 0 Å². The van der Waals surface area contributed by atoms with E-state index in [9.17, 15) is 79.2 Å². The van der Waals surface area contributed by atoms with E-state index in [-0.39, 0.29) is 37.3 Å². The molecule has 0 radical (unpaired) electrons. The Labute approximate surface area is 454 Å². The van der Waals surface area contributed by atoms with Crippen LogP contribution in [-0.4, -0.2) is 203 Å². The molecule has 16 atom stereocenters. The minimum Gasteiger partial charge on any atom is -0.508 e. The van der Waals surface area contributed by atoms with Crippen molar-refractivity contribution in [2.75, 3.05) is 26.2 Å². The molecule has 0 spiro atoms. The molecule has 0 aliphatic carbocycles. The minimum atomic E-state index is -2.36. The Kier molecular flexibility index (Phi) is 26.0. The lowest BCUT2D eigenvalue weighted by molar-refractivity contribution is -0.150. The molecule has 8 amide bonds. The molecular weight excluding hydrogens is 1020 g/mol. The van der Waals surface area contributed by atoms with Crippen molar-refractivity contribution in [3.05, 3.63) is 29.8 Å². The summed E-state index contributed by atoms with van der Waals surface area (Å²) < 4.78 is 5.70. The number of carbonyl (C=O) groups is 8. The Morgan fingerprint density at radius 2 is 1.37 bits per heavy atom. The van der Waals surface area contributed by atoms with Gasteiger partial charge in [0.2, 0.25) is 47.3 Å². The zero-order chi connectivity index (χ0) is 58.0. The van der Waals surface area contributed by atoms with Gasteiger partial charge in [-0.15, -0.1) is 0 Å². The largest absolute Gasteiger partial charge is 0.508 e. The fourth-order valence-electron chi connectivity index (χ4n) is 10.1. The Balaban J connectivity index is 1.74. The maximum Gasteiger partial charge on any atom is 0.248 e. The molecule has 78 heavy (non-hydrogen) atoms. The first-order chi connectivity index (χ1) is 36.9. The van der Waals surface area contributed by atoms with E-state index in [1.807, 2.05) is 0 Å². The van der Waals surface area contributed by atoms with E-state index in [0.717, 1.165) is 67.4 Å². The molecule has 26 heteroatoms. The Bertz CT molecular complexity index is 2160. The van der Waals surface area contributed by atoms with Gasteiger partial charge in [0, 0.05) is 38.9 Å². The van der Waals surface area contributed by atoms with Crippen LogP contribution in [0.5, 0.6) is 5.75 Å². The number of nitrogens with zero attached hydrogens (tertiary/aromatic N) is 2. The van der Waals surface area contributed by atoms with Gasteiger partial charge in [-0.2, -0.15) is 0 Å². The second kappa shape index (κ2) is 31.3. The highest BCUT2D eigenvalue weighted by Gasteiger charge is 2.49. The van der Waals surface area contributed by atoms with Crippen LogP contribution in [0, 0.1) is 11.8 Å². The summed E-state index contributed by atoms with van der Waals surface area (Å²) in [7, 11) is 0. The highest BCUT2D eigenvalue weighted by Crippen LogP contribution is 2.27. The van der Waals surface area contributed by atoms with E-state index >= 15 is 0 Å². The van der Waals surface area contributed by atoms with Crippen LogP contribution in [0.4, 0.5) is 0 Å². The zero-order valence-electron chi connectivity index (χ0n) is 45.1. The number of fused-ring (bicyclic) bond motifs is 2. The third-order valence-electron chi connectivity index (χ3n) is 14.7. The maximum atomic E-state index is 14.6. The van der Waals surface area contributed by atoms with E-state index < -0.39 is 165 Å². The normalized spacial score (nSPS) is 28.4. The number of phenols is 1. The molecule has 440 valence electrons. The van der Waals surface area contributed by atoms with Crippen LogP contribution in [0.15, 0.2) is 24.3 Å². The molecule has 3 aliphatic rings. The van der Waals surface area contributed by atoms with E-state index in [2.05, 4.69) is 47.4 Å². The van der Waals surface area contributed by atoms with E-state index in [0.29, 0.717) is 24.7 Å². The van der Waals surface area contributed by atoms with Gasteiger partial charge >= 0.3 is 0 Å². The third kappa shape index (κ3) is 18.8. The fourth-order valence-corrected chi connectivity index (χ4v) is 10.1. The van der Waals surface area contributed by atoms with Gasteiger partial charge in [-0.3, -0.25) is 38.4 Å². The van der Waals surface area contributed by atoms with Crippen molar-refractivity contribution in [3.8, 4) is 5.75 Å². The third-order valence-corrected chi connectivity index (χ3v) is 14.7. The standard InChI is InChI=1S/C52H85N9O17/c1-5-27(2)22-28(3)12-10-8-6-7-9-11-13-39(69)55-33-24-37(67)50(78-21-19-53)59-49(75)43-35(65)18-20-60(43)52(77)41(36(66)25-38(54)68)57-48(74)42(45(71)44(70)30-14-16-31(63)17-15-30)58-47(73)34-23-32(64)26-61(34)51(76)40(29(4)62)56-46(33)72/h14-17,27-29,32-37,40-45,50,62-67,70-71H,5-13,18-26,53H2,1-4H3,(H2,54,68)(H,55,69)(H,56,72)(H,57,74)(H,58,73)(H,59,75)/t27?,28?,29-,32+,33+,34-,35-,36-,37+,40-,41-,42-,43-,44-,45-,50+/m0/s1. The van der Waals surface area contributed by atoms with Gasteiger partial charge in [-0.1, -0.05) is 77.8 Å². The number of carbonyl (C=O) groups excluding carboxylic acids is 8. The lowest BCUT2D eigenvalue weighted by atomic mass is 9.91. The van der Waals surface area contributed by atoms with Crippen LogP contribution in [0.1, 0.15) is 129 Å². The SMILES string of the molecule is CCC(C)CC(C)CCCCCCCCC(=O)N[C@@H]1C[C@@H](O)[C@@H](OCCN)NC(=O)[C@@H]2[C@@H](O)CCN2C(=O)[C@H]([C@@H](O)CC(N)=O)NC(=O)[C@H]([C@H](O)[C@@H](O)c2ccc(O)cc2)NC(=O)[C@@H]2C[C@@H](O)CN2C(=O)[C@H]([C@H](C)O)NC1=O. The number of benzene rings is 1. The molecule has 1 aromatic rings. The van der Waals surface area contributed by atoms with Crippen LogP contribution in [0.25, 0.3) is 0 Å². The number of hydrogen-bond donors (Lipinski definition) is 15. The Hall–Kier alpha value is -5.58. The number of nitrogens with two attached hydrogens (primary N) is 2. The Morgan fingerprint density at radius 3 is 2.00 bits per heavy atom. The van der Waals surface area contributed by atoms with Crippen molar-refractivity contribution < 1.29 is 83.9 Å². The second-order valence-corrected chi connectivity index (χ2v) is 21.2. The first kappa shape index (κ1) is 64.9. The van der Waals surface area contributed by atoms with Crippen molar-refractivity contribution in [1.82, 2.24) is 36.4 Å². The van der Waals surface area contributed by atoms with Crippen LogP contribution >= 0.6 is 0 Å². The number of nitrogens with one attached hydrogen (secondary N) is 5. The average Bonchev–Trinajstić information content (AvgIpc) is 4.01. The number of hydrogen-bond acceptors (Lipinski definition) is 18. The zero-order valence-corrected chi connectivity index (χ0v) is 45.1. The molecule has 0 saturated carbocycles. The molecule has 3 fully saturated rings. The fraction of sp³-hybridized carbons (Fsp3) is 0.731. The van der Waals surface area contributed by atoms with Crippen molar-refractivity contribution in [2.24, 2.45) is 23.3 Å². The van der Waals surface area contributed by atoms with E-state index in [1.165, 1.54) is 18.6 Å². The van der Waals surface area contributed by atoms with E-state index in [4.69, 9.17) is 16.2 Å². The number of aliphatic hydroxyl groups excluding tert-OH is 7. The lowest BCUT2D eigenvalue weighted by Gasteiger charge is -2.34. The first-order valence-electron chi connectivity index (χ1n) is 27.2. The second-order valence-electron chi connectivity index (χ2n) is 21.2. The number of rotatable bonds is 23. The smallest absolute Gasteiger partial charge is 0.248 e. The predicted octanol–water partition coefficient (Wildman–Crippen LogP) is -3.36. The van der Waals surface area contributed by atoms with Gasteiger partial charge in [-0.05, 0) is 55.7 Å². The van der Waals surface area contributed by atoms with Crippen molar-refractivity contribution in [2.45, 2.75) is 203 Å². The minimum absolute atomic E-state index is 0.0611. The predicted molar refractivity (Wildman–Crippen MR) is 278 cm³/mol. The quantitative estimate of drug-likeness (QED) is 0.0476. The number of phenolic OH excluding ortho intramolecular Hbond substituents is 1. The number of primary amides is 1. The lowest BCUT2D eigenvalue weighted by Crippen LogP contribution is -2.64. The van der Waals surface area contributed by atoms with Crippen LogP contribution in [0.3, 0.4) is 0 Å². The number of aliphatic hydroxyl groups is 7. The molecule has 3 saturated heterocycles. The van der Waals surface area contributed by atoms with Gasteiger partial charge in [0.25, 0.3) is 0 Å². The number of ether oxygens (including phenoxy) is 1. The number of amides is 8. The molecule has 17 N–H and O–H groups in total. The summed E-state index contributed by atoms with van der Waals surface area (Å²) in [5.74, 6) is -8.30. The highest BCUT2D eigenvalue weighted by atomic mass is 16.5. The molecular formula is C52H85N9O17. The molecule has 4 rings (SSSR count). The van der Waals surface area contributed by atoms with E-state index in [1.54, 1.807) is 0 Å². The summed E-state index contributed by atoms with van der Waals surface area (Å²) in [6.07, 6.45) is -9.20. The van der Waals surface area contributed by atoms with Gasteiger partial charge in [0.05, 0.1) is 37.4 Å². The maximum absolute atomic E-state index is 14.6. The van der Waals surface area contributed by atoms with Crippen molar-refractivity contribution in [3.63, 3.8) is 0 Å².